The van der Waals surface area contributed by atoms with Crippen LogP contribution in [0.3, 0.4) is 0 Å². The van der Waals surface area contributed by atoms with E-state index < -0.39 is 0 Å². The summed E-state index contributed by atoms with van der Waals surface area (Å²) in [5, 5.41) is 11.1. The van der Waals surface area contributed by atoms with Crippen LogP contribution in [0.4, 0.5) is 10.1 Å². The number of aromatic amines is 1. The van der Waals surface area contributed by atoms with Gasteiger partial charge in [-0.1, -0.05) is 15.9 Å². The molecule has 2 N–H and O–H groups in total. The second-order valence-corrected chi connectivity index (χ2v) is 5.18. The van der Waals surface area contributed by atoms with Crippen LogP contribution >= 0.6 is 15.9 Å². The van der Waals surface area contributed by atoms with Crippen molar-refractivity contribution in [2.75, 3.05) is 5.32 Å². The first kappa shape index (κ1) is 12.2. The molecule has 3 rings (SSSR count). The van der Waals surface area contributed by atoms with Crippen LogP contribution in [0.2, 0.25) is 0 Å². The van der Waals surface area contributed by atoms with Gasteiger partial charge in [0.05, 0.1) is 11.7 Å². The van der Waals surface area contributed by atoms with Crippen LogP contribution in [0.5, 0.6) is 0 Å². The quantitative estimate of drug-likeness (QED) is 0.763. The van der Waals surface area contributed by atoms with E-state index in [4.69, 9.17) is 0 Å². The van der Waals surface area contributed by atoms with Gasteiger partial charge in [-0.15, -0.1) is 0 Å². The summed E-state index contributed by atoms with van der Waals surface area (Å²) < 4.78 is 14.5. The maximum atomic E-state index is 13.6. The van der Waals surface area contributed by atoms with E-state index in [0.717, 1.165) is 21.1 Å². The lowest BCUT2D eigenvalue weighted by atomic mass is 10.2. The van der Waals surface area contributed by atoms with Gasteiger partial charge in [0, 0.05) is 27.7 Å². The van der Waals surface area contributed by atoms with Crippen LogP contribution in [0, 0.1) is 5.82 Å². The number of aromatic nitrogens is 2. The first-order valence-electron chi connectivity index (χ1n) is 5.83. The molecule has 0 aliphatic heterocycles. The Morgan fingerprint density at radius 2 is 2.11 bits per heavy atom. The molecule has 0 fully saturated rings. The summed E-state index contributed by atoms with van der Waals surface area (Å²) in [7, 11) is 0. The molecule has 0 aliphatic rings. The zero-order valence-corrected chi connectivity index (χ0v) is 11.5. The van der Waals surface area contributed by atoms with Crippen molar-refractivity contribution in [3.63, 3.8) is 0 Å². The minimum absolute atomic E-state index is 0.210. The molecule has 5 heteroatoms. The summed E-state index contributed by atoms with van der Waals surface area (Å²) in [6.45, 7) is 0.435. The van der Waals surface area contributed by atoms with Gasteiger partial charge in [-0.25, -0.2) is 4.39 Å². The van der Waals surface area contributed by atoms with Crippen molar-refractivity contribution in [2.24, 2.45) is 0 Å². The molecular weight excluding hydrogens is 309 g/mol. The number of benzene rings is 2. The minimum Gasteiger partial charge on any atom is -0.381 e. The molecule has 3 nitrogen and oxygen atoms in total. The third-order valence-electron chi connectivity index (χ3n) is 2.93. The number of halogens is 2. The molecule has 19 heavy (non-hydrogen) atoms. The molecule has 1 heterocycles. The highest BCUT2D eigenvalue weighted by Crippen LogP contribution is 2.19. The van der Waals surface area contributed by atoms with Gasteiger partial charge < -0.3 is 5.32 Å². The van der Waals surface area contributed by atoms with Gasteiger partial charge >= 0.3 is 0 Å². The SMILES string of the molecule is Fc1ccc(Br)cc1CNc1ccc2cn[nH]c2c1. The Labute approximate surface area is 118 Å². The zero-order chi connectivity index (χ0) is 13.2. The summed E-state index contributed by atoms with van der Waals surface area (Å²) in [5.74, 6) is -0.210. The number of rotatable bonds is 3. The summed E-state index contributed by atoms with van der Waals surface area (Å²) >= 11 is 3.34. The number of nitrogens with one attached hydrogen (secondary N) is 2. The van der Waals surface area contributed by atoms with E-state index in [9.17, 15) is 4.39 Å². The molecule has 0 bridgehead atoms. The van der Waals surface area contributed by atoms with Gasteiger partial charge in [0.1, 0.15) is 5.82 Å². The molecule has 0 aliphatic carbocycles. The topological polar surface area (TPSA) is 40.7 Å². The van der Waals surface area contributed by atoms with Crippen molar-refractivity contribution < 1.29 is 4.39 Å². The molecule has 0 amide bonds. The maximum Gasteiger partial charge on any atom is 0.128 e. The molecule has 1 aromatic heterocycles. The number of fused-ring (bicyclic) bond motifs is 1. The third kappa shape index (κ3) is 2.61. The predicted octanol–water partition coefficient (Wildman–Crippen LogP) is 4.08. The Kier molecular flexibility index (Phi) is 3.21. The van der Waals surface area contributed by atoms with Gasteiger partial charge in [0.25, 0.3) is 0 Å². The van der Waals surface area contributed by atoms with Gasteiger partial charge in [-0.3, -0.25) is 5.10 Å². The Morgan fingerprint density at radius 3 is 3.00 bits per heavy atom. The minimum atomic E-state index is -0.210. The largest absolute Gasteiger partial charge is 0.381 e. The monoisotopic (exact) mass is 319 g/mol. The van der Waals surface area contributed by atoms with E-state index >= 15 is 0 Å². The van der Waals surface area contributed by atoms with Crippen molar-refractivity contribution in [3.8, 4) is 0 Å². The van der Waals surface area contributed by atoms with E-state index in [-0.39, 0.29) is 5.82 Å². The maximum absolute atomic E-state index is 13.6. The number of hydrogen-bond donors (Lipinski definition) is 2. The van der Waals surface area contributed by atoms with Crippen molar-refractivity contribution >= 4 is 32.5 Å². The van der Waals surface area contributed by atoms with Gasteiger partial charge in [0.2, 0.25) is 0 Å². The second kappa shape index (κ2) is 5.01. The average molecular weight is 320 g/mol. The van der Waals surface area contributed by atoms with Crippen LogP contribution in [0.15, 0.2) is 47.1 Å². The van der Waals surface area contributed by atoms with Crippen molar-refractivity contribution in [1.29, 1.82) is 0 Å². The van der Waals surface area contributed by atoms with Crippen LogP contribution in [0.1, 0.15) is 5.56 Å². The predicted molar refractivity (Wildman–Crippen MR) is 77.5 cm³/mol. The molecule has 0 saturated carbocycles. The molecular formula is C14H11BrFN3. The van der Waals surface area contributed by atoms with Crippen LogP contribution in [-0.2, 0) is 6.54 Å². The van der Waals surface area contributed by atoms with Crippen LogP contribution in [-0.4, -0.2) is 10.2 Å². The normalized spacial score (nSPS) is 10.8. The molecule has 0 radical (unpaired) electrons. The fourth-order valence-electron chi connectivity index (χ4n) is 1.92. The van der Waals surface area contributed by atoms with E-state index in [1.807, 2.05) is 18.2 Å². The number of anilines is 1. The standard InChI is InChI=1S/C14H11BrFN3/c15-11-2-4-13(16)10(5-11)7-17-12-3-1-9-8-18-19-14(9)6-12/h1-6,8,17H,7H2,(H,18,19). The Hall–Kier alpha value is -1.88. The highest BCUT2D eigenvalue weighted by molar-refractivity contribution is 9.10. The summed E-state index contributed by atoms with van der Waals surface area (Å²) in [6.07, 6.45) is 1.77. The first-order chi connectivity index (χ1) is 9.22. The molecule has 0 unspecified atom stereocenters. The van der Waals surface area contributed by atoms with Crippen LogP contribution < -0.4 is 5.32 Å². The summed E-state index contributed by atoms with van der Waals surface area (Å²) in [6, 6.07) is 10.8. The number of H-pyrrole nitrogens is 1. The summed E-state index contributed by atoms with van der Waals surface area (Å²) in [4.78, 5) is 0. The summed E-state index contributed by atoms with van der Waals surface area (Å²) in [5.41, 5.74) is 2.51. The molecule has 0 spiro atoms. The fraction of sp³-hybridized carbons (Fsp3) is 0.0714. The Balaban J connectivity index is 1.79. The third-order valence-corrected chi connectivity index (χ3v) is 3.43. The lowest BCUT2D eigenvalue weighted by Crippen LogP contribution is -2.01. The molecule has 96 valence electrons. The van der Waals surface area contributed by atoms with E-state index in [1.54, 1.807) is 18.3 Å². The highest BCUT2D eigenvalue weighted by Gasteiger charge is 2.03. The highest BCUT2D eigenvalue weighted by atomic mass is 79.9. The van der Waals surface area contributed by atoms with E-state index in [2.05, 4.69) is 31.4 Å². The lowest BCUT2D eigenvalue weighted by molar-refractivity contribution is 0.612. The molecule has 0 atom stereocenters. The van der Waals surface area contributed by atoms with Crippen molar-refractivity contribution in [3.05, 3.63) is 58.4 Å². The smallest absolute Gasteiger partial charge is 0.128 e. The van der Waals surface area contributed by atoms with Crippen LogP contribution in [0.25, 0.3) is 10.9 Å². The Morgan fingerprint density at radius 1 is 1.21 bits per heavy atom. The fourth-order valence-corrected chi connectivity index (χ4v) is 2.33. The lowest BCUT2D eigenvalue weighted by Gasteiger charge is -2.08. The van der Waals surface area contributed by atoms with Crippen molar-refractivity contribution in [2.45, 2.75) is 6.54 Å². The van der Waals surface area contributed by atoms with Gasteiger partial charge in [0.15, 0.2) is 0 Å². The van der Waals surface area contributed by atoms with Gasteiger partial charge in [-0.2, -0.15) is 5.10 Å². The molecule has 3 aromatic rings. The second-order valence-electron chi connectivity index (χ2n) is 4.26. The zero-order valence-electron chi connectivity index (χ0n) is 9.95. The van der Waals surface area contributed by atoms with E-state index in [1.165, 1.54) is 6.07 Å². The number of nitrogens with zero attached hydrogens (tertiary/aromatic N) is 1. The first-order valence-corrected chi connectivity index (χ1v) is 6.62. The van der Waals surface area contributed by atoms with Gasteiger partial charge in [-0.05, 0) is 36.4 Å². The molecule has 2 aromatic carbocycles. The molecule has 0 saturated heterocycles. The average Bonchev–Trinajstić information content (AvgIpc) is 2.87. The Bertz CT molecular complexity index is 724. The van der Waals surface area contributed by atoms with Crippen molar-refractivity contribution in [1.82, 2.24) is 10.2 Å². The van der Waals surface area contributed by atoms with E-state index in [0.29, 0.717) is 12.1 Å². The number of hydrogen-bond acceptors (Lipinski definition) is 2.